The van der Waals surface area contributed by atoms with Crippen molar-refractivity contribution in [3.05, 3.63) is 57.8 Å². The Kier molecular flexibility index (Phi) is 5.84. The average molecular weight is 400 g/mol. The second-order valence-corrected chi connectivity index (χ2v) is 8.04. The molecule has 2 heterocycles. The molecule has 1 aromatic carbocycles. The second kappa shape index (κ2) is 8.14. The molecule has 2 aromatic rings. The van der Waals surface area contributed by atoms with Gasteiger partial charge < -0.3 is 10.2 Å². The number of thiophene rings is 1. The van der Waals surface area contributed by atoms with Crippen LogP contribution in [0.3, 0.4) is 0 Å². The van der Waals surface area contributed by atoms with Gasteiger partial charge in [-0.1, -0.05) is 36.8 Å². The van der Waals surface area contributed by atoms with Gasteiger partial charge in [0.05, 0.1) is 0 Å². The Morgan fingerprint density at radius 1 is 1.21 bits per heavy atom. The van der Waals surface area contributed by atoms with E-state index in [1.165, 1.54) is 11.3 Å². The Bertz CT molecular complexity index is 864. The van der Waals surface area contributed by atoms with Crippen molar-refractivity contribution in [3.63, 3.8) is 0 Å². The van der Waals surface area contributed by atoms with Crippen LogP contribution in [0.15, 0.2) is 41.1 Å². The van der Waals surface area contributed by atoms with E-state index in [9.17, 15) is 14.4 Å². The number of nitrogens with zero attached hydrogens (tertiary/aromatic N) is 2. The molecule has 0 spiro atoms. The number of urea groups is 1. The summed E-state index contributed by atoms with van der Waals surface area (Å²) in [5, 5.41) is 6.44. The van der Waals surface area contributed by atoms with Gasteiger partial charge in [0.15, 0.2) is 0 Å². The molecule has 1 aromatic heterocycles. The lowest BCUT2D eigenvalue weighted by Gasteiger charge is -2.25. The minimum absolute atomic E-state index is 0.236. The fourth-order valence-corrected chi connectivity index (χ4v) is 4.06. The highest BCUT2D eigenvalue weighted by Gasteiger charge is 2.49. The van der Waals surface area contributed by atoms with Gasteiger partial charge in [0.1, 0.15) is 12.1 Å². The Hall–Kier alpha value is -2.67. The molecule has 6 nitrogen and oxygen atoms in total. The van der Waals surface area contributed by atoms with E-state index >= 15 is 0 Å². The first-order chi connectivity index (χ1) is 13.3. The van der Waals surface area contributed by atoms with E-state index in [2.05, 4.69) is 5.32 Å². The summed E-state index contributed by atoms with van der Waals surface area (Å²) in [6.07, 6.45) is 0.796. The maximum Gasteiger partial charge on any atom is 0.325 e. The molecule has 1 aliphatic heterocycles. The van der Waals surface area contributed by atoms with E-state index in [1.807, 2.05) is 54.9 Å². The van der Waals surface area contributed by atoms with Crippen LogP contribution < -0.4 is 5.32 Å². The van der Waals surface area contributed by atoms with Gasteiger partial charge in [-0.05, 0) is 48.2 Å². The summed E-state index contributed by atoms with van der Waals surface area (Å²) < 4.78 is 0. The first-order valence-corrected chi connectivity index (χ1v) is 10.3. The molecule has 1 N–H and O–H groups in total. The first kappa shape index (κ1) is 20.1. The van der Waals surface area contributed by atoms with Crippen LogP contribution in [0, 0.1) is 6.92 Å². The van der Waals surface area contributed by atoms with Gasteiger partial charge in [-0.25, -0.2) is 4.79 Å². The van der Waals surface area contributed by atoms with Crippen molar-refractivity contribution in [2.45, 2.75) is 39.3 Å². The molecule has 1 unspecified atom stereocenters. The molecule has 0 radical (unpaired) electrons. The van der Waals surface area contributed by atoms with Crippen LogP contribution in [0.4, 0.5) is 4.79 Å². The number of rotatable bonds is 7. The molecule has 28 heavy (non-hydrogen) atoms. The zero-order chi connectivity index (χ0) is 20.3. The van der Waals surface area contributed by atoms with Crippen molar-refractivity contribution in [3.8, 4) is 0 Å². The molecule has 0 bridgehead atoms. The zero-order valence-corrected chi connectivity index (χ0v) is 17.2. The summed E-state index contributed by atoms with van der Waals surface area (Å²) in [6, 6.07) is 9.29. The van der Waals surface area contributed by atoms with Crippen molar-refractivity contribution < 1.29 is 14.4 Å². The van der Waals surface area contributed by atoms with E-state index in [0.29, 0.717) is 13.1 Å². The minimum Gasteiger partial charge on any atom is -0.337 e. The number of aryl methyl sites for hydroxylation is 1. The zero-order valence-electron chi connectivity index (χ0n) is 16.4. The lowest BCUT2D eigenvalue weighted by molar-refractivity contribution is -0.139. The van der Waals surface area contributed by atoms with E-state index < -0.39 is 17.5 Å². The van der Waals surface area contributed by atoms with Crippen molar-refractivity contribution in [2.75, 3.05) is 13.1 Å². The Balaban J connectivity index is 1.73. The monoisotopic (exact) mass is 399 g/mol. The molecule has 1 saturated heterocycles. The van der Waals surface area contributed by atoms with Crippen LogP contribution in [0.1, 0.15) is 37.0 Å². The molecule has 4 amide bonds. The lowest BCUT2D eigenvalue weighted by atomic mass is 9.95. The number of carbonyl (C=O) groups excluding carboxylic acids is 3. The van der Waals surface area contributed by atoms with E-state index in [0.717, 1.165) is 28.0 Å². The molecule has 1 aliphatic rings. The predicted molar refractivity (Wildman–Crippen MR) is 109 cm³/mol. The van der Waals surface area contributed by atoms with Gasteiger partial charge in [0, 0.05) is 13.1 Å². The third-order valence-corrected chi connectivity index (χ3v) is 5.69. The van der Waals surface area contributed by atoms with Crippen LogP contribution in [0.2, 0.25) is 0 Å². The fourth-order valence-electron chi connectivity index (χ4n) is 3.30. The number of hydrogen-bond donors (Lipinski definition) is 1. The third-order valence-electron chi connectivity index (χ3n) is 5.01. The molecule has 0 saturated carbocycles. The maximum absolute atomic E-state index is 12.9. The average Bonchev–Trinajstić information content (AvgIpc) is 3.28. The quantitative estimate of drug-likeness (QED) is 0.727. The standard InChI is InChI=1S/C21H25N3O3S/c1-4-10-23(12-16-7-5-15(2)6-8-16)18(25)13-24-19(26)21(3,22-20(24)27)17-9-11-28-14-17/h5-9,11,14H,4,10,12-13H2,1-3H3,(H,22,27). The van der Waals surface area contributed by atoms with Crippen molar-refractivity contribution in [1.29, 1.82) is 0 Å². The topological polar surface area (TPSA) is 69.7 Å². The van der Waals surface area contributed by atoms with Crippen LogP contribution in [0.5, 0.6) is 0 Å². The highest BCUT2D eigenvalue weighted by atomic mass is 32.1. The smallest absolute Gasteiger partial charge is 0.325 e. The third kappa shape index (κ3) is 3.94. The van der Waals surface area contributed by atoms with Gasteiger partial charge in [0.25, 0.3) is 5.91 Å². The van der Waals surface area contributed by atoms with Gasteiger partial charge in [0.2, 0.25) is 5.91 Å². The number of benzene rings is 1. The lowest BCUT2D eigenvalue weighted by Crippen LogP contribution is -2.44. The normalized spacial score (nSPS) is 19.0. The van der Waals surface area contributed by atoms with E-state index in [1.54, 1.807) is 11.8 Å². The van der Waals surface area contributed by atoms with Crippen molar-refractivity contribution in [2.24, 2.45) is 0 Å². The highest BCUT2D eigenvalue weighted by Crippen LogP contribution is 2.30. The highest BCUT2D eigenvalue weighted by molar-refractivity contribution is 7.08. The first-order valence-electron chi connectivity index (χ1n) is 9.35. The molecule has 1 atom stereocenters. The van der Waals surface area contributed by atoms with Crippen LogP contribution in [-0.2, 0) is 21.7 Å². The van der Waals surface area contributed by atoms with Gasteiger partial charge >= 0.3 is 6.03 Å². The summed E-state index contributed by atoms with van der Waals surface area (Å²) in [5.74, 6) is -0.628. The summed E-state index contributed by atoms with van der Waals surface area (Å²) in [6.45, 7) is 6.46. The van der Waals surface area contributed by atoms with E-state index in [-0.39, 0.29) is 12.5 Å². The summed E-state index contributed by atoms with van der Waals surface area (Å²) in [7, 11) is 0. The van der Waals surface area contributed by atoms with Gasteiger partial charge in [-0.15, -0.1) is 0 Å². The van der Waals surface area contributed by atoms with Crippen molar-refractivity contribution in [1.82, 2.24) is 15.1 Å². The molecule has 1 fully saturated rings. The Labute approximate surface area is 169 Å². The largest absolute Gasteiger partial charge is 0.337 e. The van der Waals surface area contributed by atoms with Crippen LogP contribution in [-0.4, -0.2) is 40.7 Å². The molecular formula is C21H25N3O3S. The van der Waals surface area contributed by atoms with Gasteiger partial charge in [-0.2, -0.15) is 11.3 Å². The Morgan fingerprint density at radius 2 is 1.93 bits per heavy atom. The fraction of sp³-hybridized carbons (Fsp3) is 0.381. The van der Waals surface area contributed by atoms with Crippen molar-refractivity contribution >= 4 is 29.2 Å². The number of carbonyl (C=O) groups is 3. The molecule has 148 valence electrons. The predicted octanol–water partition coefficient (Wildman–Crippen LogP) is 3.26. The second-order valence-electron chi connectivity index (χ2n) is 7.26. The van der Waals surface area contributed by atoms with Gasteiger partial charge in [-0.3, -0.25) is 14.5 Å². The molecule has 7 heteroatoms. The summed E-state index contributed by atoms with van der Waals surface area (Å²) >= 11 is 1.46. The number of amides is 4. The number of nitrogens with one attached hydrogen (secondary N) is 1. The maximum atomic E-state index is 12.9. The van der Waals surface area contributed by atoms with Crippen LogP contribution in [0.25, 0.3) is 0 Å². The van der Waals surface area contributed by atoms with Crippen LogP contribution >= 0.6 is 11.3 Å². The number of hydrogen-bond acceptors (Lipinski definition) is 4. The van der Waals surface area contributed by atoms with E-state index in [4.69, 9.17) is 0 Å². The Morgan fingerprint density at radius 3 is 2.54 bits per heavy atom. The summed E-state index contributed by atoms with van der Waals surface area (Å²) in [4.78, 5) is 41.0. The summed E-state index contributed by atoms with van der Waals surface area (Å²) in [5.41, 5.74) is 1.79. The SMILES string of the molecule is CCCN(Cc1ccc(C)cc1)C(=O)CN1C(=O)NC(C)(c2ccsc2)C1=O. The molecular weight excluding hydrogens is 374 g/mol. The minimum atomic E-state index is -1.12. The molecule has 0 aliphatic carbocycles. The number of imide groups is 1. The molecule has 3 rings (SSSR count).